The molecule has 0 aliphatic rings. The molecule has 2 rings (SSSR count). The number of nitrogens with one attached hydrogen (secondary N) is 1. The molecule has 0 bridgehead atoms. The van der Waals surface area contributed by atoms with E-state index in [9.17, 15) is 0 Å². The van der Waals surface area contributed by atoms with Gasteiger partial charge >= 0.3 is 0 Å². The standard InChI is InChI=1S/C11H12BrN3S/c1-8-4-15-11(16-8)7-13-6-10-3-2-9(12)5-14-10/h2-5,13H,6-7H2,1H3. The molecule has 0 unspecified atom stereocenters. The lowest BCUT2D eigenvalue weighted by Gasteiger charge is -2.01. The van der Waals surface area contributed by atoms with Crippen LogP contribution in [0.15, 0.2) is 29.0 Å². The number of aryl methyl sites for hydroxylation is 1. The van der Waals surface area contributed by atoms with Gasteiger partial charge in [0.05, 0.1) is 5.69 Å². The van der Waals surface area contributed by atoms with E-state index in [1.54, 1.807) is 11.3 Å². The molecule has 3 nitrogen and oxygen atoms in total. The van der Waals surface area contributed by atoms with E-state index in [4.69, 9.17) is 0 Å². The molecule has 2 aromatic heterocycles. The first-order chi connectivity index (χ1) is 7.74. The molecular weight excluding hydrogens is 286 g/mol. The minimum Gasteiger partial charge on any atom is -0.305 e. The average molecular weight is 298 g/mol. The van der Waals surface area contributed by atoms with Crippen LogP contribution in [0.4, 0.5) is 0 Å². The van der Waals surface area contributed by atoms with Crippen LogP contribution < -0.4 is 5.32 Å². The monoisotopic (exact) mass is 297 g/mol. The Labute approximate surface area is 107 Å². The Hall–Kier alpha value is -0.780. The number of thiazole rings is 1. The highest BCUT2D eigenvalue weighted by atomic mass is 79.9. The van der Waals surface area contributed by atoms with Crippen LogP contribution in [0.2, 0.25) is 0 Å². The minimum absolute atomic E-state index is 0.770. The Morgan fingerprint density at radius 3 is 2.75 bits per heavy atom. The number of rotatable bonds is 4. The fraction of sp³-hybridized carbons (Fsp3) is 0.273. The fourth-order valence-corrected chi connectivity index (χ4v) is 2.28. The van der Waals surface area contributed by atoms with Crippen molar-refractivity contribution in [2.45, 2.75) is 20.0 Å². The number of nitrogens with zero attached hydrogens (tertiary/aromatic N) is 2. The first kappa shape index (κ1) is 11.7. The number of hydrogen-bond donors (Lipinski definition) is 1. The van der Waals surface area contributed by atoms with Gasteiger partial charge in [0.15, 0.2) is 0 Å². The van der Waals surface area contributed by atoms with Crippen molar-refractivity contribution in [2.75, 3.05) is 0 Å². The van der Waals surface area contributed by atoms with Gasteiger partial charge < -0.3 is 5.32 Å². The first-order valence-corrected chi connectivity index (χ1v) is 6.57. The molecule has 0 aromatic carbocycles. The SMILES string of the molecule is Cc1cnc(CNCc2ccc(Br)cn2)s1. The van der Waals surface area contributed by atoms with Gasteiger partial charge in [0, 0.05) is 34.8 Å². The van der Waals surface area contributed by atoms with Gasteiger partial charge in [0.1, 0.15) is 5.01 Å². The number of aromatic nitrogens is 2. The molecule has 0 spiro atoms. The quantitative estimate of drug-likeness (QED) is 0.943. The lowest BCUT2D eigenvalue weighted by molar-refractivity contribution is 0.676. The third-order valence-corrected chi connectivity index (χ3v) is 3.42. The van der Waals surface area contributed by atoms with Crippen LogP contribution in [0, 0.1) is 6.92 Å². The molecule has 0 radical (unpaired) electrons. The first-order valence-electron chi connectivity index (χ1n) is 4.96. The van der Waals surface area contributed by atoms with E-state index in [0.717, 1.165) is 28.3 Å². The van der Waals surface area contributed by atoms with Crippen LogP contribution in [0.1, 0.15) is 15.6 Å². The molecule has 2 aromatic rings. The van der Waals surface area contributed by atoms with E-state index in [2.05, 4.69) is 38.1 Å². The molecule has 0 aliphatic carbocycles. The van der Waals surface area contributed by atoms with Crippen LogP contribution in [0.3, 0.4) is 0 Å². The Morgan fingerprint density at radius 1 is 1.25 bits per heavy atom. The molecule has 0 aliphatic heterocycles. The number of pyridine rings is 1. The third kappa shape index (κ3) is 3.37. The van der Waals surface area contributed by atoms with Crippen molar-refractivity contribution in [3.63, 3.8) is 0 Å². The summed E-state index contributed by atoms with van der Waals surface area (Å²) < 4.78 is 1.01. The van der Waals surface area contributed by atoms with Gasteiger partial charge in [-0.25, -0.2) is 4.98 Å². The highest BCUT2D eigenvalue weighted by molar-refractivity contribution is 9.10. The lowest BCUT2D eigenvalue weighted by atomic mass is 10.3. The van der Waals surface area contributed by atoms with Gasteiger partial charge in [-0.3, -0.25) is 4.98 Å². The molecule has 16 heavy (non-hydrogen) atoms. The zero-order valence-electron chi connectivity index (χ0n) is 8.90. The zero-order valence-corrected chi connectivity index (χ0v) is 11.3. The molecule has 0 fully saturated rings. The molecule has 0 atom stereocenters. The Bertz CT molecular complexity index is 453. The van der Waals surface area contributed by atoms with E-state index in [-0.39, 0.29) is 0 Å². The van der Waals surface area contributed by atoms with Crippen molar-refractivity contribution >= 4 is 27.3 Å². The second kappa shape index (κ2) is 5.52. The van der Waals surface area contributed by atoms with Crippen molar-refractivity contribution < 1.29 is 0 Å². The van der Waals surface area contributed by atoms with Crippen molar-refractivity contribution in [3.8, 4) is 0 Å². The lowest BCUT2D eigenvalue weighted by Crippen LogP contribution is -2.13. The van der Waals surface area contributed by atoms with Gasteiger partial charge in [-0.1, -0.05) is 0 Å². The number of halogens is 1. The van der Waals surface area contributed by atoms with Crippen LogP contribution in [-0.4, -0.2) is 9.97 Å². The number of hydrogen-bond acceptors (Lipinski definition) is 4. The third-order valence-electron chi connectivity index (χ3n) is 2.04. The van der Waals surface area contributed by atoms with E-state index < -0.39 is 0 Å². The maximum Gasteiger partial charge on any atom is 0.107 e. The summed E-state index contributed by atoms with van der Waals surface area (Å²) in [7, 11) is 0. The Kier molecular flexibility index (Phi) is 4.04. The van der Waals surface area contributed by atoms with Crippen LogP contribution in [-0.2, 0) is 13.1 Å². The molecule has 0 amide bonds. The maximum absolute atomic E-state index is 4.29. The van der Waals surface area contributed by atoms with Gasteiger partial charge in [-0.05, 0) is 35.0 Å². The summed E-state index contributed by atoms with van der Waals surface area (Å²) in [6.07, 6.45) is 3.71. The Morgan fingerprint density at radius 2 is 2.12 bits per heavy atom. The molecule has 2 heterocycles. The van der Waals surface area contributed by atoms with Crippen LogP contribution in [0.5, 0.6) is 0 Å². The van der Waals surface area contributed by atoms with E-state index in [0.29, 0.717) is 0 Å². The van der Waals surface area contributed by atoms with Crippen LogP contribution >= 0.6 is 27.3 Å². The summed E-state index contributed by atoms with van der Waals surface area (Å²) in [5, 5.41) is 4.44. The normalized spacial score (nSPS) is 10.6. The second-order valence-electron chi connectivity index (χ2n) is 3.44. The molecule has 84 valence electrons. The van der Waals surface area contributed by atoms with Crippen molar-refractivity contribution in [2.24, 2.45) is 0 Å². The maximum atomic E-state index is 4.29. The predicted molar refractivity (Wildman–Crippen MR) is 69.3 cm³/mol. The Balaban J connectivity index is 1.82. The van der Waals surface area contributed by atoms with E-state index in [1.165, 1.54) is 4.88 Å². The average Bonchev–Trinajstić information content (AvgIpc) is 2.67. The summed E-state index contributed by atoms with van der Waals surface area (Å²) in [5.74, 6) is 0. The minimum atomic E-state index is 0.770. The van der Waals surface area contributed by atoms with Gasteiger partial charge in [0.25, 0.3) is 0 Å². The van der Waals surface area contributed by atoms with Gasteiger partial charge in [-0.15, -0.1) is 11.3 Å². The summed E-state index contributed by atoms with van der Waals surface area (Å²) in [6, 6.07) is 4.00. The van der Waals surface area contributed by atoms with E-state index in [1.807, 2.05) is 24.5 Å². The highest BCUT2D eigenvalue weighted by Gasteiger charge is 1.99. The molecule has 1 N–H and O–H groups in total. The zero-order chi connectivity index (χ0) is 11.4. The fourth-order valence-electron chi connectivity index (χ4n) is 1.29. The van der Waals surface area contributed by atoms with Gasteiger partial charge in [0.2, 0.25) is 0 Å². The summed E-state index contributed by atoms with van der Waals surface area (Å²) in [4.78, 5) is 9.83. The van der Waals surface area contributed by atoms with Crippen LogP contribution in [0.25, 0.3) is 0 Å². The largest absolute Gasteiger partial charge is 0.305 e. The van der Waals surface area contributed by atoms with Crippen molar-refractivity contribution in [1.82, 2.24) is 15.3 Å². The summed E-state index contributed by atoms with van der Waals surface area (Å²) in [6.45, 7) is 3.64. The second-order valence-corrected chi connectivity index (χ2v) is 5.67. The predicted octanol–water partition coefficient (Wildman–Crippen LogP) is 2.90. The summed E-state index contributed by atoms with van der Waals surface area (Å²) >= 11 is 5.09. The summed E-state index contributed by atoms with van der Waals surface area (Å²) in [5.41, 5.74) is 1.04. The highest BCUT2D eigenvalue weighted by Crippen LogP contribution is 2.11. The van der Waals surface area contributed by atoms with Gasteiger partial charge in [-0.2, -0.15) is 0 Å². The smallest absolute Gasteiger partial charge is 0.107 e. The van der Waals surface area contributed by atoms with E-state index >= 15 is 0 Å². The van der Waals surface area contributed by atoms with Crippen molar-refractivity contribution in [1.29, 1.82) is 0 Å². The molecular formula is C11H12BrN3S. The molecule has 5 heteroatoms. The molecule has 0 saturated carbocycles. The van der Waals surface area contributed by atoms with Crippen molar-refractivity contribution in [3.05, 3.63) is 44.6 Å². The molecule has 0 saturated heterocycles. The topological polar surface area (TPSA) is 37.8 Å².